The van der Waals surface area contributed by atoms with Gasteiger partial charge in [-0.2, -0.15) is 0 Å². The van der Waals surface area contributed by atoms with E-state index in [0.717, 1.165) is 34.5 Å². The van der Waals surface area contributed by atoms with Crippen molar-refractivity contribution in [2.24, 2.45) is 0 Å². The third-order valence-electron chi connectivity index (χ3n) is 3.87. The van der Waals surface area contributed by atoms with Crippen LogP contribution in [0.4, 0.5) is 5.69 Å². The number of amides is 1. The first-order valence-electron chi connectivity index (χ1n) is 7.83. The van der Waals surface area contributed by atoms with Gasteiger partial charge >= 0.3 is 0 Å². The number of aromatic nitrogens is 1. The van der Waals surface area contributed by atoms with Crippen LogP contribution in [-0.4, -0.2) is 10.9 Å². The second-order valence-corrected chi connectivity index (χ2v) is 8.72. The molecule has 0 aliphatic rings. The third kappa shape index (κ3) is 3.54. The maximum Gasteiger partial charge on any atom is 0.256 e. The molecule has 0 aliphatic heterocycles. The molecule has 3 aromatic carbocycles. The number of benzene rings is 3. The molecule has 1 aromatic heterocycles. The van der Waals surface area contributed by atoms with E-state index >= 15 is 0 Å². The minimum Gasteiger partial charge on any atom is -0.321 e. The minimum atomic E-state index is -0.125. The second-order valence-electron chi connectivity index (χ2n) is 5.61. The lowest BCUT2D eigenvalue weighted by Gasteiger charge is -2.11. The lowest BCUT2D eigenvalue weighted by Crippen LogP contribution is -2.14. The first-order chi connectivity index (χ1) is 12.6. The van der Waals surface area contributed by atoms with Crippen LogP contribution in [0.1, 0.15) is 10.4 Å². The van der Waals surface area contributed by atoms with Crippen LogP contribution in [0.15, 0.2) is 71.2 Å². The van der Waals surface area contributed by atoms with Gasteiger partial charge in [-0.05, 0) is 65.1 Å². The Labute approximate surface area is 176 Å². The average Bonchev–Trinajstić information content (AvgIpc) is 3.07. The summed E-state index contributed by atoms with van der Waals surface area (Å²) in [4.78, 5) is 17.5. The second kappa shape index (κ2) is 7.46. The molecule has 0 unspecified atom stereocenters. The molecule has 1 heterocycles. The molecule has 3 nitrogen and oxygen atoms in total. The Morgan fingerprint density at radius 3 is 2.62 bits per heavy atom. The maximum atomic E-state index is 12.7. The van der Waals surface area contributed by atoms with E-state index in [2.05, 4.69) is 49.9 Å². The number of hydrogen-bond acceptors (Lipinski definition) is 3. The van der Waals surface area contributed by atoms with E-state index in [1.807, 2.05) is 60.7 Å². The molecular weight excluding hydrogens is 523 g/mol. The molecule has 0 aliphatic carbocycles. The van der Waals surface area contributed by atoms with Crippen molar-refractivity contribution in [2.75, 3.05) is 5.32 Å². The molecule has 0 bridgehead atoms. The van der Waals surface area contributed by atoms with Crippen molar-refractivity contribution in [2.45, 2.75) is 0 Å². The van der Waals surface area contributed by atoms with Crippen molar-refractivity contribution in [1.29, 1.82) is 0 Å². The highest BCUT2D eigenvalue weighted by molar-refractivity contribution is 14.1. The fourth-order valence-corrected chi connectivity index (χ4v) is 4.61. The molecule has 4 rings (SSSR count). The van der Waals surface area contributed by atoms with E-state index in [9.17, 15) is 4.79 Å². The van der Waals surface area contributed by atoms with E-state index in [0.29, 0.717) is 5.56 Å². The molecule has 4 aromatic rings. The molecule has 0 saturated heterocycles. The summed E-state index contributed by atoms with van der Waals surface area (Å²) in [7, 11) is 0. The van der Waals surface area contributed by atoms with Gasteiger partial charge in [-0.15, -0.1) is 11.3 Å². The Kier molecular flexibility index (Phi) is 5.06. The van der Waals surface area contributed by atoms with Gasteiger partial charge in [0.2, 0.25) is 0 Å². The number of hydrogen-bond donors (Lipinski definition) is 1. The normalized spacial score (nSPS) is 10.8. The summed E-state index contributed by atoms with van der Waals surface area (Å²) in [6.07, 6.45) is 0. The van der Waals surface area contributed by atoms with E-state index in [4.69, 9.17) is 4.98 Å². The zero-order valence-electron chi connectivity index (χ0n) is 13.4. The smallest absolute Gasteiger partial charge is 0.256 e. The van der Waals surface area contributed by atoms with Gasteiger partial charge in [-0.3, -0.25) is 4.79 Å². The highest BCUT2D eigenvalue weighted by Gasteiger charge is 2.15. The van der Waals surface area contributed by atoms with Gasteiger partial charge in [0.15, 0.2) is 0 Å². The lowest BCUT2D eigenvalue weighted by atomic mass is 10.1. The monoisotopic (exact) mass is 534 g/mol. The summed E-state index contributed by atoms with van der Waals surface area (Å²) >= 11 is 7.31. The van der Waals surface area contributed by atoms with Crippen molar-refractivity contribution in [3.63, 3.8) is 0 Å². The largest absolute Gasteiger partial charge is 0.321 e. The molecule has 128 valence electrons. The molecule has 0 saturated carbocycles. The zero-order chi connectivity index (χ0) is 18.1. The number of rotatable bonds is 3. The van der Waals surface area contributed by atoms with Crippen LogP contribution in [0.5, 0.6) is 0 Å². The highest BCUT2D eigenvalue weighted by atomic mass is 127. The van der Waals surface area contributed by atoms with Gasteiger partial charge in [-0.1, -0.05) is 40.2 Å². The standard InChI is InChI=1S/C20H12BrIN2OS/c21-12-9-10-16(23-19(25)13-5-1-2-6-15(13)22)14(11-12)20-24-17-7-3-4-8-18(17)26-20/h1-11H,(H,23,25). The van der Waals surface area contributed by atoms with Crippen molar-refractivity contribution >= 4 is 71.7 Å². The third-order valence-corrected chi connectivity index (χ3v) is 6.38. The van der Waals surface area contributed by atoms with E-state index in [-0.39, 0.29) is 5.91 Å². The predicted octanol–water partition coefficient (Wildman–Crippen LogP) is 6.58. The fourth-order valence-electron chi connectivity index (χ4n) is 2.62. The van der Waals surface area contributed by atoms with Crippen LogP contribution in [-0.2, 0) is 0 Å². The number of fused-ring (bicyclic) bond motifs is 1. The van der Waals surface area contributed by atoms with Gasteiger partial charge in [-0.25, -0.2) is 4.98 Å². The summed E-state index contributed by atoms with van der Waals surface area (Å²) in [6, 6.07) is 21.4. The van der Waals surface area contributed by atoms with Crippen LogP contribution in [0, 0.1) is 3.57 Å². The quantitative estimate of drug-likeness (QED) is 0.301. The van der Waals surface area contributed by atoms with E-state index < -0.39 is 0 Å². The van der Waals surface area contributed by atoms with Gasteiger partial charge in [0, 0.05) is 13.6 Å². The SMILES string of the molecule is O=C(Nc1ccc(Br)cc1-c1nc2ccccc2s1)c1ccccc1I. The number of anilines is 1. The van der Waals surface area contributed by atoms with E-state index in [1.54, 1.807) is 11.3 Å². The zero-order valence-corrected chi connectivity index (χ0v) is 17.9. The van der Waals surface area contributed by atoms with Gasteiger partial charge in [0.05, 0.1) is 21.5 Å². The number of carbonyl (C=O) groups is 1. The Hall–Kier alpha value is -1.77. The summed E-state index contributed by atoms with van der Waals surface area (Å²) < 4.78 is 2.98. The van der Waals surface area contributed by atoms with Crippen molar-refractivity contribution in [3.8, 4) is 10.6 Å². The predicted molar refractivity (Wildman–Crippen MR) is 120 cm³/mol. The first-order valence-corrected chi connectivity index (χ1v) is 10.5. The summed E-state index contributed by atoms with van der Waals surface area (Å²) in [5.41, 5.74) is 3.27. The molecule has 6 heteroatoms. The molecule has 0 spiro atoms. The number of nitrogens with zero attached hydrogens (tertiary/aromatic N) is 1. The van der Waals surface area contributed by atoms with Crippen LogP contribution in [0.25, 0.3) is 20.8 Å². The van der Waals surface area contributed by atoms with Gasteiger partial charge in [0.1, 0.15) is 5.01 Å². The Bertz CT molecular complexity index is 1090. The average molecular weight is 535 g/mol. The molecule has 1 N–H and O–H groups in total. The molecular formula is C20H12BrIN2OS. The van der Waals surface area contributed by atoms with Crippen LogP contribution in [0.2, 0.25) is 0 Å². The van der Waals surface area contributed by atoms with Crippen LogP contribution in [0.3, 0.4) is 0 Å². The lowest BCUT2D eigenvalue weighted by molar-refractivity contribution is 0.102. The Morgan fingerprint density at radius 1 is 1.04 bits per heavy atom. The highest BCUT2D eigenvalue weighted by Crippen LogP contribution is 2.36. The molecule has 0 atom stereocenters. The maximum absolute atomic E-state index is 12.7. The van der Waals surface area contributed by atoms with Crippen molar-refractivity contribution in [3.05, 3.63) is 80.3 Å². The Morgan fingerprint density at radius 2 is 1.81 bits per heavy atom. The Balaban J connectivity index is 1.75. The van der Waals surface area contributed by atoms with E-state index in [1.165, 1.54) is 0 Å². The fraction of sp³-hybridized carbons (Fsp3) is 0. The number of para-hydroxylation sites is 1. The summed E-state index contributed by atoms with van der Waals surface area (Å²) in [6.45, 7) is 0. The number of thiazole rings is 1. The molecule has 26 heavy (non-hydrogen) atoms. The topological polar surface area (TPSA) is 42.0 Å². The number of halogens is 2. The van der Waals surface area contributed by atoms with Crippen molar-refractivity contribution < 1.29 is 4.79 Å². The number of carbonyl (C=O) groups excluding carboxylic acids is 1. The summed E-state index contributed by atoms with van der Waals surface area (Å²) in [5.74, 6) is -0.125. The summed E-state index contributed by atoms with van der Waals surface area (Å²) in [5, 5.41) is 3.92. The first kappa shape index (κ1) is 17.6. The van der Waals surface area contributed by atoms with Crippen LogP contribution >= 0.6 is 49.9 Å². The van der Waals surface area contributed by atoms with Crippen molar-refractivity contribution in [1.82, 2.24) is 4.98 Å². The molecule has 1 amide bonds. The molecule has 0 fully saturated rings. The van der Waals surface area contributed by atoms with Gasteiger partial charge in [0.25, 0.3) is 5.91 Å². The minimum absolute atomic E-state index is 0.125. The molecule has 0 radical (unpaired) electrons. The van der Waals surface area contributed by atoms with Gasteiger partial charge < -0.3 is 5.32 Å². The number of nitrogens with one attached hydrogen (secondary N) is 1. The van der Waals surface area contributed by atoms with Crippen LogP contribution < -0.4 is 5.32 Å².